The Kier molecular flexibility index (Phi) is 4.92. The van der Waals surface area contributed by atoms with Crippen LogP contribution in [0.15, 0.2) is 48.7 Å². The number of amides is 1. The highest BCUT2D eigenvalue weighted by molar-refractivity contribution is 6.01. The monoisotopic (exact) mass is 404 g/mol. The molecule has 2 atom stereocenters. The van der Waals surface area contributed by atoms with Crippen molar-refractivity contribution in [3.05, 3.63) is 65.9 Å². The first-order valence-electron chi connectivity index (χ1n) is 10.2. The van der Waals surface area contributed by atoms with Gasteiger partial charge < -0.3 is 14.6 Å². The molecule has 0 aliphatic carbocycles. The predicted octanol–water partition coefficient (Wildman–Crippen LogP) is 2.24. The summed E-state index contributed by atoms with van der Waals surface area (Å²) in [6.45, 7) is 3.55. The fraction of sp³-hybridized carbons (Fsp3) is 0.364. The summed E-state index contributed by atoms with van der Waals surface area (Å²) >= 11 is 0. The van der Waals surface area contributed by atoms with Crippen molar-refractivity contribution in [2.24, 2.45) is 11.8 Å². The molecule has 0 saturated carbocycles. The predicted molar refractivity (Wildman–Crippen MR) is 111 cm³/mol. The van der Waals surface area contributed by atoms with Crippen molar-refractivity contribution in [2.45, 2.75) is 19.5 Å². The summed E-state index contributed by atoms with van der Waals surface area (Å²) in [4.78, 5) is 19.5. The van der Waals surface area contributed by atoms with Crippen LogP contribution in [0.25, 0.3) is 0 Å². The van der Waals surface area contributed by atoms with E-state index in [-0.39, 0.29) is 5.91 Å². The largest absolute Gasteiger partial charge is 0.481 e. The lowest BCUT2D eigenvalue weighted by molar-refractivity contribution is 0.100. The molecule has 30 heavy (non-hydrogen) atoms. The van der Waals surface area contributed by atoms with Crippen molar-refractivity contribution in [1.82, 2.24) is 24.6 Å². The lowest BCUT2D eigenvalue weighted by atomic mass is 9.89. The van der Waals surface area contributed by atoms with Gasteiger partial charge in [-0.25, -0.2) is 4.98 Å². The van der Waals surface area contributed by atoms with Crippen molar-refractivity contribution in [2.75, 3.05) is 25.5 Å². The van der Waals surface area contributed by atoms with Gasteiger partial charge in [-0.1, -0.05) is 24.3 Å². The normalized spacial score (nSPS) is 20.4. The van der Waals surface area contributed by atoms with Crippen LogP contribution in [0, 0.1) is 11.8 Å². The number of benzene rings is 1. The molecule has 3 aromatic rings. The number of rotatable bonds is 5. The lowest BCUT2D eigenvalue weighted by Gasteiger charge is -2.25. The van der Waals surface area contributed by atoms with Gasteiger partial charge in [-0.15, -0.1) is 10.2 Å². The number of anilines is 1. The third kappa shape index (κ3) is 3.54. The number of ether oxygens (including phenoxy) is 1. The Labute approximate surface area is 174 Å². The Hall–Kier alpha value is -3.26. The number of methoxy groups -OCH3 is 1. The highest BCUT2D eigenvalue weighted by Gasteiger charge is 2.39. The summed E-state index contributed by atoms with van der Waals surface area (Å²) in [6, 6.07) is 13.4. The van der Waals surface area contributed by atoms with Crippen LogP contribution in [-0.2, 0) is 19.5 Å². The van der Waals surface area contributed by atoms with E-state index in [4.69, 9.17) is 4.74 Å². The van der Waals surface area contributed by atoms with Gasteiger partial charge in [-0.05, 0) is 30.0 Å². The van der Waals surface area contributed by atoms with Crippen LogP contribution in [-0.4, -0.2) is 50.8 Å². The van der Waals surface area contributed by atoms with Gasteiger partial charge in [0.25, 0.3) is 5.91 Å². The topological polar surface area (TPSA) is 85.2 Å². The molecule has 1 aromatic carbocycles. The molecule has 2 aliphatic heterocycles. The zero-order valence-corrected chi connectivity index (χ0v) is 16.9. The number of hydrogen-bond acceptors (Lipinski definition) is 6. The zero-order valence-electron chi connectivity index (χ0n) is 16.9. The SMILES string of the molecule is COc1ncccc1CN1C[C@@H]2Cc3nnc(C(=O)Nc4ccccc4)n3C[C@@H]2C1. The number of nitrogens with one attached hydrogen (secondary N) is 1. The van der Waals surface area contributed by atoms with Crippen molar-refractivity contribution >= 4 is 11.6 Å². The number of carbonyl (C=O) groups is 1. The molecule has 8 heteroatoms. The molecule has 1 N–H and O–H groups in total. The first-order chi connectivity index (χ1) is 14.7. The summed E-state index contributed by atoms with van der Waals surface area (Å²) in [5, 5.41) is 11.4. The van der Waals surface area contributed by atoms with Gasteiger partial charge in [0.05, 0.1) is 7.11 Å². The summed E-state index contributed by atoms with van der Waals surface area (Å²) in [7, 11) is 1.66. The Bertz CT molecular complexity index is 1050. The number of nitrogens with zero attached hydrogens (tertiary/aromatic N) is 5. The molecule has 8 nitrogen and oxygen atoms in total. The number of aromatic nitrogens is 4. The molecule has 4 heterocycles. The van der Waals surface area contributed by atoms with E-state index in [1.165, 1.54) is 0 Å². The molecule has 5 rings (SSSR count). The van der Waals surface area contributed by atoms with E-state index in [0.29, 0.717) is 23.5 Å². The fourth-order valence-corrected chi connectivity index (χ4v) is 4.60. The maximum absolute atomic E-state index is 12.7. The van der Waals surface area contributed by atoms with E-state index in [1.807, 2.05) is 41.0 Å². The highest BCUT2D eigenvalue weighted by Crippen LogP contribution is 2.34. The molecule has 0 spiro atoms. The first-order valence-corrected chi connectivity index (χ1v) is 10.2. The molecule has 154 valence electrons. The van der Waals surface area contributed by atoms with Crippen LogP contribution < -0.4 is 10.1 Å². The van der Waals surface area contributed by atoms with Gasteiger partial charge in [0, 0.05) is 50.0 Å². The number of carbonyl (C=O) groups excluding carboxylic acids is 1. The Morgan fingerprint density at radius 2 is 1.93 bits per heavy atom. The van der Waals surface area contributed by atoms with E-state index in [1.54, 1.807) is 13.3 Å². The third-order valence-corrected chi connectivity index (χ3v) is 6.01. The van der Waals surface area contributed by atoms with Crippen molar-refractivity contribution in [1.29, 1.82) is 0 Å². The maximum atomic E-state index is 12.7. The molecule has 1 saturated heterocycles. The molecule has 0 radical (unpaired) electrons. The van der Waals surface area contributed by atoms with Crippen LogP contribution in [0.2, 0.25) is 0 Å². The minimum Gasteiger partial charge on any atom is -0.481 e. The Morgan fingerprint density at radius 3 is 2.77 bits per heavy atom. The number of hydrogen-bond donors (Lipinski definition) is 1. The second-order valence-corrected chi connectivity index (χ2v) is 7.96. The van der Waals surface area contributed by atoms with Crippen LogP contribution in [0.1, 0.15) is 22.0 Å². The molecule has 0 bridgehead atoms. The average molecular weight is 404 g/mol. The zero-order chi connectivity index (χ0) is 20.5. The second-order valence-electron chi connectivity index (χ2n) is 7.96. The molecule has 2 aliphatic rings. The Balaban J connectivity index is 1.28. The number of pyridine rings is 1. The van der Waals surface area contributed by atoms with Gasteiger partial charge >= 0.3 is 0 Å². The molecule has 1 amide bonds. The number of para-hydroxylation sites is 1. The minimum absolute atomic E-state index is 0.214. The van der Waals surface area contributed by atoms with Crippen molar-refractivity contribution in [3.63, 3.8) is 0 Å². The average Bonchev–Trinajstić information content (AvgIpc) is 3.35. The summed E-state index contributed by atoms with van der Waals surface area (Å²) in [6.07, 6.45) is 2.59. The van der Waals surface area contributed by atoms with Gasteiger partial charge in [-0.3, -0.25) is 9.69 Å². The number of likely N-dealkylation sites (tertiary alicyclic amines) is 1. The van der Waals surface area contributed by atoms with Crippen LogP contribution in [0.4, 0.5) is 5.69 Å². The molecular formula is C22H24N6O2. The molecule has 2 aromatic heterocycles. The summed E-state index contributed by atoms with van der Waals surface area (Å²) < 4.78 is 7.39. The van der Waals surface area contributed by atoms with E-state index in [0.717, 1.165) is 49.7 Å². The van der Waals surface area contributed by atoms with Crippen LogP contribution in [0.5, 0.6) is 5.88 Å². The highest BCUT2D eigenvalue weighted by atomic mass is 16.5. The van der Waals surface area contributed by atoms with E-state index in [9.17, 15) is 4.79 Å². The standard InChI is InChI=1S/C22H24N6O2/c1-30-22-15(6-5-9-23-22)11-27-12-16-10-19-25-26-20(28(19)14-17(16)13-27)21(29)24-18-7-3-2-4-8-18/h2-9,16-17H,10-14H2,1H3,(H,24,29)/t16-,17-/m0/s1. The second kappa shape index (κ2) is 7.87. The first kappa shape index (κ1) is 18.7. The maximum Gasteiger partial charge on any atom is 0.293 e. The molecule has 0 unspecified atom stereocenters. The summed E-state index contributed by atoms with van der Waals surface area (Å²) in [5.41, 5.74) is 1.85. The van der Waals surface area contributed by atoms with Gasteiger partial charge in [-0.2, -0.15) is 0 Å². The van der Waals surface area contributed by atoms with Gasteiger partial charge in [0.2, 0.25) is 11.7 Å². The van der Waals surface area contributed by atoms with E-state index in [2.05, 4.69) is 31.5 Å². The minimum atomic E-state index is -0.214. The van der Waals surface area contributed by atoms with Gasteiger partial charge in [0.1, 0.15) is 5.82 Å². The van der Waals surface area contributed by atoms with Crippen LogP contribution in [0.3, 0.4) is 0 Å². The van der Waals surface area contributed by atoms with E-state index < -0.39 is 0 Å². The fourth-order valence-electron chi connectivity index (χ4n) is 4.60. The molecular weight excluding hydrogens is 380 g/mol. The Morgan fingerprint density at radius 1 is 1.10 bits per heavy atom. The lowest BCUT2D eigenvalue weighted by Crippen LogP contribution is -2.31. The smallest absolute Gasteiger partial charge is 0.293 e. The van der Waals surface area contributed by atoms with E-state index >= 15 is 0 Å². The molecule has 1 fully saturated rings. The van der Waals surface area contributed by atoms with Crippen molar-refractivity contribution in [3.8, 4) is 5.88 Å². The van der Waals surface area contributed by atoms with Gasteiger partial charge in [0.15, 0.2) is 0 Å². The summed E-state index contributed by atoms with van der Waals surface area (Å²) in [5.74, 6) is 2.75. The quantitative estimate of drug-likeness (QED) is 0.702. The third-order valence-electron chi connectivity index (χ3n) is 6.01. The van der Waals surface area contributed by atoms with Crippen LogP contribution >= 0.6 is 0 Å². The van der Waals surface area contributed by atoms with Crippen molar-refractivity contribution < 1.29 is 9.53 Å². The number of fused-ring (bicyclic) bond motifs is 2.